The first-order valence-electron chi connectivity index (χ1n) is 9.26. The Balaban J connectivity index is 2.48. The minimum absolute atomic E-state index is 0.156. The van der Waals surface area contributed by atoms with Crippen molar-refractivity contribution in [3.8, 4) is 5.75 Å². The maximum Gasteiger partial charge on any atom is 0.136 e. The van der Waals surface area contributed by atoms with E-state index in [2.05, 4.69) is 23.5 Å². The molecule has 1 fully saturated rings. The highest BCUT2D eigenvalue weighted by Crippen LogP contribution is 2.41. The summed E-state index contributed by atoms with van der Waals surface area (Å²) in [5.41, 5.74) is 0.891. The summed E-state index contributed by atoms with van der Waals surface area (Å²) < 4.78 is 21.8. The summed E-state index contributed by atoms with van der Waals surface area (Å²) >= 11 is 11.3. The molecule has 7 heteroatoms. The first-order valence-corrected chi connectivity index (χ1v) is 11.2. The summed E-state index contributed by atoms with van der Waals surface area (Å²) in [6, 6.07) is 3.43. The topological polar surface area (TPSA) is 56.3 Å². The van der Waals surface area contributed by atoms with Crippen molar-refractivity contribution in [1.29, 1.82) is 0 Å². The van der Waals surface area contributed by atoms with Gasteiger partial charge in [-0.1, -0.05) is 42.8 Å². The number of piperidine rings is 1. The van der Waals surface area contributed by atoms with Crippen molar-refractivity contribution < 1.29 is 9.29 Å². The summed E-state index contributed by atoms with van der Waals surface area (Å²) in [5, 5.41) is 4.33. The van der Waals surface area contributed by atoms with Crippen LogP contribution in [0.1, 0.15) is 45.7 Å². The second-order valence-corrected chi connectivity index (χ2v) is 10.8. The summed E-state index contributed by atoms with van der Waals surface area (Å²) in [5.74, 6) is 1.36. The van der Waals surface area contributed by atoms with E-state index in [9.17, 15) is 4.55 Å². The van der Waals surface area contributed by atoms with Crippen molar-refractivity contribution in [3.05, 3.63) is 40.4 Å². The molecule has 0 bridgehead atoms. The number of hydrogen-bond donors (Lipinski definition) is 2. The fourth-order valence-corrected chi connectivity index (χ4v) is 4.48. The predicted octanol–water partition coefficient (Wildman–Crippen LogP) is 4.90. The number of hydrogen-bond acceptors (Lipinski definition) is 4. The van der Waals surface area contributed by atoms with Crippen molar-refractivity contribution >= 4 is 34.6 Å². The minimum Gasteiger partial charge on any atom is -0.598 e. The molecule has 27 heavy (non-hydrogen) atoms. The lowest BCUT2D eigenvalue weighted by Crippen LogP contribution is -2.47. The molecule has 0 aromatic heterocycles. The van der Waals surface area contributed by atoms with Crippen molar-refractivity contribution in [1.82, 2.24) is 10.0 Å². The molecule has 152 valence electrons. The van der Waals surface area contributed by atoms with Gasteiger partial charge in [-0.15, -0.1) is 4.72 Å². The third kappa shape index (κ3) is 6.02. The number of benzene rings is 1. The van der Waals surface area contributed by atoms with Gasteiger partial charge in [-0.05, 0) is 58.2 Å². The molecule has 0 spiro atoms. The van der Waals surface area contributed by atoms with Crippen molar-refractivity contribution in [2.75, 3.05) is 19.7 Å². The van der Waals surface area contributed by atoms with E-state index in [4.69, 9.17) is 27.9 Å². The molecule has 4 atom stereocenters. The summed E-state index contributed by atoms with van der Waals surface area (Å²) in [4.78, 5) is 0. The van der Waals surface area contributed by atoms with E-state index in [0.717, 1.165) is 25.1 Å². The lowest BCUT2D eigenvalue weighted by molar-refractivity contribution is 0.219. The molecule has 1 aromatic rings. The van der Waals surface area contributed by atoms with Crippen LogP contribution in [0.4, 0.5) is 0 Å². The number of halogens is 2. The zero-order valence-corrected chi connectivity index (χ0v) is 18.8. The van der Waals surface area contributed by atoms with Crippen LogP contribution >= 0.6 is 23.2 Å². The third-order valence-corrected chi connectivity index (χ3v) is 7.12. The summed E-state index contributed by atoms with van der Waals surface area (Å²) in [7, 11) is 0. The van der Waals surface area contributed by atoms with Crippen LogP contribution in [0.3, 0.4) is 0 Å². The molecule has 1 aliphatic heterocycles. The highest BCUT2D eigenvalue weighted by atomic mass is 35.5. The second-order valence-electron chi connectivity index (χ2n) is 8.01. The number of nitrogens with one attached hydrogen (secondary N) is 2. The van der Waals surface area contributed by atoms with Gasteiger partial charge in [0.05, 0.1) is 16.1 Å². The van der Waals surface area contributed by atoms with Gasteiger partial charge >= 0.3 is 0 Å². The van der Waals surface area contributed by atoms with Gasteiger partial charge in [-0.25, -0.2) is 0 Å². The normalized spacial score (nSPS) is 22.9. The molecule has 0 amide bonds. The van der Waals surface area contributed by atoms with Crippen LogP contribution in [0, 0.1) is 11.8 Å². The SMILES string of the molecule is C=CCOc1cc(Cl)c(Cl)cc1C(N[S@@+]([O-])C(C)(C)C)C1CCNCC1C. The Hall–Kier alpha value is -0.430. The zero-order chi connectivity index (χ0) is 20.2. The number of ether oxygens (including phenoxy) is 1. The van der Waals surface area contributed by atoms with E-state index in [1.54, 1.807) is 12.1 Å². The van der Waals surface area contributed by atoms with Crippen LogP contribution in [-0.2, 0) is 11.4 Å². The van der Waals surface area contributed by atoms with Crippen molar-refractivity contribution in [2.24, 2.45) is 11.8 Å². The first-order chi connectivity index (χ1) is 12.6. The van der Waals surface area contributed by atoms with Gasteiger partial charge in [0.25, 0.3) is 0 Å². The lowest BCUT2D eigenvalue weighted by atomic mass is 9.79. The van der Waals surface area contributed by atoms with Crippen LogP contribution in [0.2, 0.25) is 10.0 Å². The number of rotatable bonds is 7. The van der Waals surface area contributed by atoms with Crippen LogP contribution < -0.4 is 14.8 Å². The molecule has 0 saturated carbocycles. The minimum atomic E-state index is -1.23. The molecule has 3 unspecified atom stereocenters. The molecule has 0 aliphatic carbocycles. The van der Waals surface area contributed by atoms with Gasteiger partial charge in [-0.3, -0.25) is 0 Å². The van der Waals surface area contributed by atoms with Gasteiger partial charge in [0.2, 0.25) is 0 Å². The Morgan fingerprint density at radius 2 is 2.07 bits per heavy atom. The van der Waals surface area contributed by atoms with Gasteiger partial charge in [-0.2, -0.15) is 0 Å². The average Bonchev–Trinajstić information content (AvgIpc) is 2.60. The molecule has 1 saturated heterocycles. The van der Waals surface area contributed by atoms with E-state index in [1.165, 1.54) is 0 Å². The summed E-state index contributed by atoms with van der Waals surface area (Å²) in [6.07, 6.45) is 2.66. The quantitative estimate of drug-likeness (QED) is 0.475. The van der Waals surface area contributed by atoms with Crippen LogP contribution in [0.25, 0.3) is 0 Å². The zero-order valence-electron chi connectivity index (χ0n) is 16.5. The average molecular weight is 433 g/mol. The second kappa shape index (κ2) is 9.86. The molecule has 4 nitrogen and oxygen atoms in total. The van der Waals surface area contributed by atoms with Crippen molar-refractivity contribution in [3.63, 3.8) is 0 Å². The fraction of sp³-hybridized carbons (Fsp3) is 0.600. The van der Waals surface area contributed by atoms with E-state index >= 15 is 0 Å². The van der Waals surface area contributed by atoms with Crippen LogP contribution in [-0.4, -0.2) is 29.0 Å². The highest BCUT2D eigenvalue weighted by molar-refractivity contribution is 7.90. The Labute approximate surface area is 176 Å². The van der Waals surface area contributed by atoms with E-state index < -0.39 is 11.4 Å². The molecular formula is C20H30Cl2N2O2S. The third-order valence-electron chi connectivity index (χ3n) is 4.81. The first kappa shape index (κ1) is 22.9. The Kier molecular flexibility index (Phi) is 8.34. The predicted molar refractivity (Wildman–Crippen MR) is 116 cm³/mol. The van der Waals surface area contributed by atoms with Crippen LogP contribution in [0.5, 0.6) is 5.75 Å². The van der Waals surface area contributed by atoms with E-state index in [-0.39, 0.29) is 10.8 Å². The molecule has 2 N–H and O–H groups in total. The smallest absolute Gasteiger partial charge is 0.136 e. The van der Waals surface area contributed by atoms with Gasteiger partial charge in [0, 0.05) is 23.0 Å². The molecule has 2 rings (SSSR count). The molecule has 1 heterocycles. The summed E-state index contributed by atoms with van der Waals surface area (Å²) in [6.45, 7) is 14.0. The Bertz CT molecular complexity index is 652. The fourth-order valence-electron chi connectivity index (χ4n) is 3.26. The maximum atomic E-state index is 12.9. The van der Waals surface area contributed by atoms with E-state index in [1.807, 2.05) is 26.8 Å². The Morgan fingerprint density at radius 1 is 1.41 bits per heavy atom. The standard InChI is InChI=1S/C20H30Cl2N2O2S/c1-6-9-26-18-11-17(22)16(21)10-15(18)19(24-27(25)20(3,4)5)14-7-8-23-12-13(14)2/h6,10-11,13-14,19,23-24H,1,7-9,12H2,2-5H3/t13?,14?,19?,27-/m0/s1. The van der Waals surface area contributed by atoms with E-state index in [0.29, 0.717) is 34.2 Å². The molecule has 1 aromatic carbocycles. The van der Waals surface area contributed by atoms with Gasteiger partial charge < -0.3 is 14.6 Å². The molecule has 1 aliphatic rings. The highest BCUT2D eigenvalue weighted by Gasteiger charge is 2.38. The molecular weight excluding hydrogens is 403 g/mol. The lowest BCUT2D eigenvalue weighted by Gasteiger charge is -2.38. The van der Waals surface area contributed by atoms with Crippen molar-refractivity contribution in [2.45, 2.75) is 44.9 Å². The monoisotopic (exact) mass is 432 g/mol. The van der Waals surface area contributed by atoms with Gasteiger partial charge in [0.1, 0.15) is 17.1 Å². The van der Waals surface area contributed by atoms with Gasteiger partial charge in [0.15, 0.2) is 0 Å². The Morgan fingerprint density at radius 3 is 2.67 bits per heavy atom. The maximum absolute atomic E-state index is 12.9. The largest absolute Gasteiger partial charge is 0.598 e. The molecule has 0 radical (unpaired) electrons. The van der Waals surface area contributed by atoms with Crippen LogP contribution in [0.15, 0.2) is 24.8 Å².